The molecule has 4 rings (SSSR count). The molecule has 1 saturated heterocycles. The zero-order chi connectivity index (χ0) is 21.6. The molecule has 0 radical (unpaired) electrons. The van der Waals surface area contributed by atoms with Gasteiger partial charge in [0.25, 0.3) is 10.1 Å². The minimum Gasteiger partial charge on any atom is -0.399 e. The van der Waals surface area contributed by atoms with Gasteiger partial charge in [0.2, 0.25) is 0 Å². The molecule has 3 heterocycles. The number of halogens is 1. The summed E-state index contributed by atoms with van der Waals surface area (Å²) in [4.78, 5) is 23.5. The highest BCUT2D eigenvalue weighted by Gasteiger charge is 2.33. The molecule has 0 aromatic carbocycles. The maximum absolute atomic E-state index is 14.9. The number of rotatable bonds is 6. The van der Waals surface area contributed by atoms with Crippen LogP contribution in [0.5, 0.6) is 0 Å². The lowest BCUT2D eigenvalue weighted by atomic mass is 10.1. The van der Waals surface area contributed by atoms with Gasteiger partial charge in [-0.05, 0) is 18.9 Å². The van der Waals surface area contributed by atoms with Crippen LogP contribution in [-0.4, -0.2) is 55.0 Å². The smallest absolute Gasteiger partial charge is 0.270 e. The summed E-state index contributed by atoms with van der Waals surface area (Å²) in [7, 11) is -2.94. The molecule has 1 atom stereocenters. The second-order valence-corrected chi connectivity index (χ2v) is 9.02. The molecule has 0 spiro atoms. The average Bonchev–Trinajstić information content (AvgIpc) is 3.41. The van der Waals surface area contributed by atoms with E-state index in [1.807, 2.05) is 0 Å². The van der Waals surface area contributed by atoms with Crippen LogP contribution in [-0.2, 0) is 20.7 Å². The van der Waals surface area contributed by atoms with Gasteiger partial charge < -0.3 is 20.0 Å². The molecular weight excluding hydrogens is 417 g/mol. The SMILES string of the molecule is CON=C1CN(c2nc3c(cc2F)c(=O)cc(CS(=O)(=O)O)n3C2CC2)CC1CN. The summed E-state index contributed by atoms with van der Waals surface area (Å²) in [5.74, 6) is -1.48. The summed E-state index contributed by atoms with van der Waals surface area (Å²) in [5, 5.41) is 4.02. The summed E-state index contributed by atoms with van der Waals surface area (Å²) < 4.78 is 48.8. The molecule has 2 aliphatic rings. The van der Waals surface area contributed by atoms with E-state index in [0.717, 1.165) is 25.0 Å². The molecule has 12 heteroatoms. The Bertz CT molecular complexity index is 1190. The quantitative estimate of drug-likeness (QED) is 0.494. The Labute approximate surface area is 171 Å². The van der Waals surface area contributed by atoms with Crippen molar-refractivity contribution >= 4 is 32.7 Å². The van der Waals surface area contributed by atoms with Crippen LogP contribution in [0.15, 0.2) is 22.1 Å². The summed E-state index contributed by atoms with van der Waals surface area (Å²) >= 11 is 0. The van der Waals surface area contributed by atoms with Crippen molar-refractivity contribution in [3.63, 3.8) is 0 Å². The van der Waals surface area contributed by atoms with Crippen LogP contribution in [0.4, 0.5) is 10.2 Å². The van der Waals surface area contributed by atoms with Gasteiger partial charge in [0.05, 0.1) is 17.6 Å². The fourth-order valence-electron chi connectivity index (χ4n) is 3.88. The van der Waals surface area contributed by atoms with Gasteiger partial charge in [-0.1, -0.05) is 5.16 Å². The molecule has 1 unspecified atom stereocenters. The highest BCUT2D eigenvalue weighted by molar-refractivity contribution is 7.85. The van der Waals surface area contributed by atoms with Crippen LogP contribution in [0, 0.1) is 11.7 Å². The standard InChI is InChI=1S/C18H22FN5O5S/c1-29-22-15-8-23(7-10(15)6-20)18-14(19)5-13-16(25)4-12(9-30(26,27)28)24(11-2-3-11)17(13)21-18/h4-5,10-11H,2-3,6-9,20H2,1H3,(H,26,27,28). The second kappa shape index (κ2) is 7.60. The van der Waals surface area contributed by atoms with Gasteiger partial charge in [-0.25, -0.2) is 9.37 Å². The maximum Gasteiger partial charge on any atom is 0.270 e. The van der Waals surface area contributed by atoms with E-state index in [1.54, 1.807) is 9.47 Å². The molecule has 30 heavy (non-hydrogen) atoms. The molecule has 1 aliphatic heterocycles. The largest absolute Gasteiger partial charge is 0.399 e. The van der Waals surface area contributed by atoms with Crippen LogP contribution in [0.3, 0.4) is 0 Å². The summed E-state index contributed by atoms with van der Waals surface area (Å²) in [5.41, 5.74) is 6.23. The number of nitrogens with two attached hydrogens (primary N) is 1. The predicted octanol–water partition coefficient (Wildman–Crippen LogP) is 0.656. The van der Waals surface area contributed by atoms with Crippen molar-refractivity contribution in [3.05, 3.63) is 33.9 Å². The van der Waals surface area contributed by atoms with Crippen molar-refractivity contribution < 1.29 is 22.2 Å². The highest BCUT2D eigenvalue weighted by atomic mass is 32.2. The minimum absolute atomic E-state index is 0.0278. The van der Waals surface area contributed by atoms with Gasteiger partial charge >= 0.3 is 0 Å². The Morgan fingerprint density at radius 2 is 2.13 bits per heavy atom. The zero-order valence-corrected chi connectivity index (χ0v) is 17.1. The molecule has 2 aromatic rings. The second-order valence-electron chi connectivity index (χ2n) is 7.57. The van der Waals surface area contributed by atoms with Crippen LogP contribution in [0.2, 0.25) is 0 Å². The van der Waals surface area contributed by atoms with Crippen molar-refractivity contribution in [1.29, 1.82) is 0 Å². The molecule has 162 valence electrons. The first-order valence-electron chi connectivity index (χ1n) is 9.46. The third kappa shape index (κ3) is 3.89. The first-order chi connectivity index (χ1) is 14.2. The van der Waals surface area contributed by atoms with E-state index in [9.17, 15) is 22.2 Å². The molecule has 0 amide bonds. The number of hydrogen-bond acceptors (Lipinski definition) is 8. The van der Waals surface area contributed by atoms with E-state index in [0.29, 0.717) is 18.8 Å². The molecule has 2 aromatic heterocycles. The molecular formula is C18H22FN5O5S. The topological polar surface area (TPSA) is 140 Å². The number of aromatic nitrogens is 2. The summed E-state index contributed by atoms with van der Waals surface area (Å²) in [6.45, 7) is 0.954. The number of oxime groups is 1. The van der Waals surface area contributed by atoms with Crippen LogP contribution in [0.25, 0.3) is 11.0 Å². The van der Waals surface area contributed by atoms with Crippen LogP contribution < -0.4 is 16.1 Å². The number of fused-ring (bicyclic) bond motifs is 1. The summed E-state index contributed by atoms with van der Waals surface area (Å²) in [6.07, 6.45) is 1.54. The van der Waals surface area contributed by atoms with Gasteiger partial charge in [-0.2, -0.15) is 8.42 Å². The lowest BCUT2D eigenvalue weighted by molar-refractivity contribution is 0.211. The van der Waals surface area contributed by atoms with Crippen LogP contribution in [0.1, 0.15) is 24.6 Å². The summed E-state index contributed by atoms with van der Waals surface area (Å²) in [6, 6.07) is 2.19. The molecule has 2 fully saturated rings. The van der Waals surface area contributed by atoms with Gasteiger partial charge in [-0.15, -0.1) is 0 Å². The normalized spacial score (nSPS) is 21.0. The monoisotopic (exact) mass is 439 g/mol. The first-order valence-corrected chi connectivity index (χ1v) is 11.1. The van der Waals surface area contributed by atoms with E-state index in [-0.39, 0.29) is 41.0 Å². The molecule has 1 saturated carbocycles. The van der Waals surface area contributed by atoms with Crippen molar-refractivity contribution in [3.8, 4) is 0 Å². The fraction of sp³-hybridized carbons (Fsp3) is 0.500. The highest BCUT2D eigenvalue weighted by Crippen LogP contribution is 2.38. The number of anilines is 1. The Kier molecular flexibility index (Phi) is 5.24. The Morgan fingerprint density at radius 1 is 1.40 bits per heavy atom. The predicted molar refractivity (Wildman–Crippen MR) is 109 cm³/mol. The van der Waals surface area contributed by atoms with Crippen molar-refractivity contribution in [2.24, 2.45) is 16.8 Å². The van der Waals surface area contributed by atoms with Gasteiger partial charge in [-0.3, -0.25) is 9.35 Å². The van der Waals surface area contributed by atoms with Gasteiger partial charge in [0.15, 0.2) is 17.1 Å². The van der Waals surface area contributed by atoms with Crippen LogP contribution >= 0.6 is 0 Å². The molecule has 3 N–H and O–H groups in total. The molecule has 1 aliphatic carbocycles. The zero-order valence-electron chi connectivity index (χ0n) is 16.3. The van der Waals surface area contributed by atoms with Crippen molar-refractivity contribution in [2.45, 2.75) is 24.6 Å². The van der Waals surface area contributed by atoms with Crippen molar-refractivity contribution in [2.75, 3.05) is 31.6 Å². The number of nitrogens with zero attached hydrogens (tertiary/aromatic N) is 4. The molecule has 0 bridgehead atoms. The Balaban J connectivity index is 1.87. The average molecular weight is 439 g/mol. The lowest BCUT2D eigenvalue weighted by Gasteiger charge is -2.20. The van der Waals surface area contributed by atoms with Crippen molar-refractivity contribution in [1.82, 2.24) is 9.55 Å². The van der Waals surface area contributed by atoms with E-state index in [2.05, 4.69) is 10.1 Å². The number of hydrogen-bond donors (Lipinski definition) is 2. The first kappa shape index (κ1) is 20.7. The Morgan fingerprint density at radius 3 is 2.73 bits per heavy atom. The number of pyridine rings is 2. The van der Waals surface area contributed by atoms with Gasteiger partial charge in [0, 0.05) is 36.8 Å². The van der Waals surface area contributed by atoms with E-state index >= 15 is 0 Å². The van der Waals surface area contributed by atoms with E-state index in [4.69, 9.17) is 10.6 Å². The third-order valence-corrected chi connectivity index (χ3v) is 6.00. The molecule has 10 nitrogen and oxygen atoms in total. The van der Waals surface area contributed by atoms with E-state index < -0.39 is 27.1 Å². The Hall–Kier alpha value is -2.57. The minimum atomic E-state index is -4.36. The van der Waals surface area contributed by atoms with Gasteiger partial charge in [0.1, 0.15) is 18.5 Å². The lowest BCUT2D eigenvalue weighted by Crippen LogP contribution is -2.25. The fourth-order valence-corrected chi connectivity index (χ4v) is 4.48. The maximum atomic E-state index is 14.9. The van der Waals surface area contributed by atoms with E-state index in [1.165, 1.54) is 7.11 Å². The third-order valence-electron chi connectivity index (χ3n) is 5.34.